The van der Waals surface area contributed by atoms with Crippen LogP contribution >= 0.6 is 0 Å². The molecule has 1 aliphatic rings. The lowest BCUT2D eigenvalue weighted by molar-refractivity contribution is 0.134. The third-order valence-electron chi connectivity index (χ3n) is 3.99. The van der Waals surface area contributed by atoms with Crippen LogP contribution in [0.4, 0.5) is 10.1 Å². The molecular weight excluding hydrogens is 265 g/mol. The molecule has 1 aliphatic carbocycles. The highest BCUT2D eigenvalue weighted by atomic mass is 19.1. The Kier molecular flexibility index (Phi) is 4.20. The Bertz CT molecular complexity index is 626. The zero-order valence-electron chi connectivity index (χ0n) is 12.2. The monoisotopic (exact) mass is 285 g/mol. The fraction of sp³-hybridized carbons (Fsp3) is 0.333. The first-order valence-corrected chi connectivity index (χ1v) is 7.48. The van der Waals surface area contributed by atoms with Crippen LogP contribution < -0.4 is 5.32 Å². The van der Waals surface area contributed by atoms with Gasteiger partial charge in [0.15, 0.2) is 0 Å². The van der Waals surface area contributed by atoms with Crippen LogP contribution in [0, 0.1) is 5.82 Å². The lowest BCUT2D eigenvalue weighted by atomic mass is 10.1. The molecule has 3 rings (SSSR count). The third kappa shape index (κ3) is 3.08. The number of anilines is 1. The molecule has 0 heterocycles. The molecule has 2 nitrogen and oxygen atoms in total. The summed E-state index contributed by atoms with van der Waals surface area (Å²) in [5.74, 6) is -0.147. The molecule has 2 aromatic carbocycles. The summed E-state index contributed by atoms with van der Waals surface area (Å²) in [4.78, 5) is 0. The molecule has 0 bridgehead atoms. The van der Waals surface area contributed by atoms with E-state index < -0.39 is 0 Å². The van der Waals surface area contributed by atoms with Gasteiger partial charge in [0, 0.05) is 17.9 Å². The highest BCUT2D eigenvalue weighted by Gasteiger charge is 2.23. The van der Waals surface area contributed by atoms with Crippen molar-refractivity contribution in [1.29, 1.82) is 0 Å². The summed E-state index contributed by atoms with van der Waals surface area (Å²) in [5.41, 5.74) is 4.60. The summed E-state index contributed by atoms with van der Waals surface area (Å²) in [5, 5.41) is 3.59. The van der Waals surface area contributed by atoms with Crippen molar-refractivity contribution in [1.82, 2.24) is 0 Å². The first-order chi connectivity index (χ1) is 10.3. The van der Waals surface area contributed by atoms with E-state index in [0.717, 1.165) is 29.7 Å². The average molecular weight is 285 g/mol. The molecule has 0 spiro atoms. The number of hydrogen-bond acceptors (Lipinski definition) is 2. The maximum absolute atomic E-state index is 13.3. The summed E-state index contributed by atoms with van der Waals surface area (Å²) in [7, 11) is 0. The quantitative estimate of drug-likeness (QED) is 0.875. The minimum absolute atomic E-state index is 0.147. The van der Waals surface area contributed by atoms with Crippen LogP contribution in [0.1, 0.15) is 36.1 Å². The predicted octanol–water partition coefficient (Wildman–Crippen LogP) is 4.46. The zero-order chi connectivity index (χ0) is 14.7. The molecule has 0 amide bonds. The summed E-state index contributed by atoms with van der Waals surface area (Å²) >= 11 is 0. The lowest BCUT2D eigenvalue weighted by Crippen LogP contribution is -2.09. The molecule has 21 heavy (non-hydrogen) atoms. The average Bonchev–Trinajstić information content (AvgIpc) is 2.88. The van der Waals surface area contributed by atoms with Gasteiger partial charge in [0.1, 0.15) is 5.82 Å². The number of ether oxygens (including phenoxy) is 1. The van der Waals surface area contributed by atoms with Gasteiger partial charge < -0.3 is 10.1 Å². The molecule has 0 aliphatic heterocycles. The summed E-state index contributed by atoms with van der Waals surface area (Å²) in [6, 6.07) is 13.6. The number of fused-ring (bicyclic) bond motifs is 1. The van der Waals surface area contributed by atoms with E-state index in [1.54, 1.807) is 12.1 Å². The van der Waals surface area contributed by atoms with Gasteiger partial charge in [-0.05, 0) is 49.1 Å². The van der Waals surface area contributed by atoms with Gasteiger partial charge in [-0.2, -0.15) is 0 Å². The second-order valence-electron chi connectivity index (χ2n) is 5.37. The number of hydrogen-bond donors (Lipinski definition) is 1. The molecule has 0 saturated heterocycles. The molecule has 2 aromatic rings. The van der Waals surface area contributed by atoms with Crippen molar-refractivity contribution in [3.05, 3.63) is 65.0 Å². The number of benzene rings is 2. The van der Waals surface area contributed by atoms with E-state index in [-0.39, 0.29) is 11.9 Å². The van der Waals surface area contributed by atoms with E-state index >= 15 is 0 Å². The molecule has 1 unspecified atom stereocenters. The van der Waals surface area contributed by atoms with E-state index in [2.05, 4.69) is 17.4 Å². The van der Waals surface area contributed by atoms with Gasteiger partial charge >= 0.3 is 0 Å². The first kappa shape index (κ1) is 14.1. The number of halogens is 1. The summed E-state index contributed by atoms with van der Waals surface area (Å²) in [6.45, 7) is 3.32. The lowest BCUT2D eigenvalue weighted by Gasteiger charge is -2.18. The van der Waals surface area contributed by atoms with E-state index in [9.17, 15) is 4.39 Å². The molecule has 0 radical (unpaired) electrons. The second kappa shape index (κ2) is 6.27. The predicted molar refractivity (Wildman–Crippen MR) is 82.9 cm³/mol. The Morgan fingerprint density at radius 2 is 2.10 bits per heavy atom. The molecule has 1 N–H and O–H groups in total. The van der Waals surface area contributed by atoms with Crippen LogP contribution in [0.3, 0.4) is 0 Å². The fourth-order valence-corrected chi connectivity index (χ4v) is 2.92. The van der Waals surface area contributed by atoms with E-state index in [1.165, 1.54) is 5.56 Å². The van der Waals surface area contributed by atoms with Gasteiger partial charge in [0.05, 0.1) is 12.6 Å². The minimum atomic E-state index is -0.147. The van der Waals surface area contributed by atoms with Gasteiger partial charge in [-0.15, -0.1) is 0 Å². The van der Waals surface area contributed by atoms with Crippen molar-refractivity contribution >= 4 is 5.69 Å². The highest BCUT2D eigenvalue weighted by molar-refractivity contribution is 5.54. The number of para-hydroxylation sites is 1. The van der Waals surface area contributed by atoms with Crippen molar-refractivity contribution in [2.45, 2.75) is 32.4 Å². The van der Waals surface area contributed by atoms with Crippen molar-refractivity contribution in [2.75, 3.05) is 11.9 Å². The van der Waals surface area contributed by atoms with Crippen LogP contribution in [0.25, 0.3) is 0 Å². The third-order valence-corrected chi connectivity index (χ3v) is 3.99. The van der Waals surface area contributed by atoms with Crippen molar-refractivity contribution in [3.8, 4) is 0 Å². The Morgan fingerprint density at radius 1 is 1.24 bits per heavy atom. The molecule has 110 valence electrons. The SMILES string of the molecule is CCOCc1ccccc1NC1CCc2cc(F)ccc21. The highest BCUT2D eigenvalue weighted by Crippen LogP contribution is 2.35. The van der Waals surface area contributed by atoms with Gasteiger partial charge in [-0.25, -0.2) is 4.39 Å². The zero-order valence-corrected chi connectivity index (χ0v) is 12.2. The van der Waals surface area contributed by atoms with Gasteiger partial charge in [0.2, 0.25) is 0 Å². The molecule has 0 saturated carbocycles. The standard InChI is InChI=1S/C18H20FNO/c1-2-21-12-14-5-3-4-6-17(14)20-18-10-7-13-11-15(19)8-9-16(13)18/h3-6,8-9,11,18,20H,2,7,10,12H2,1H3. The Morgan fingerprint density at radius 3 is 2.95 bits per heavy atom. The molecular formula is C18H20FNO. The summed E-state index contributed by atoms with van der Waals surface area (Å²) in [6.07, 6.45) is 1.93. The molecule has 0 aromatic heterocycles. The van der Waals surface area contributed by atoms with E-state index in [4.69, 9.17) is 4.74 Å². The Hall–Kier alpha value is -1.87. The van der Waals surface area contributed by atoms with Gasteiger partial charge in [-0.1, -0.05) is 24.3 Å². The van der Waals surface area contributed by atoms with Crippen molar-refractivity contribution in [2.24, 2.45) is 0 Å². The molecule has 3 heteroatoms. The first-order valence-electron chi connectivity index (χ1n) is 7.48. The second-order valence-corrected chi connectivity index (χ2v) is 5.37. The van der Waals surface area contributed by atoms with Crippen LogP contribution in [-0.4, -0.2) is 6.61 Å². The fourth-order valence-electron chi connectivity index (χ4n) is 2.92. The van der Waals surface area contributed by atoms with Gasteiger partial charge in [-0.3, -0.25) is 0 Å². The van der Waals surface area contributed by atoms with Crippen LogP contribution in [0.2, 0.25) is 0 Å². The normalized spacial score (nSPS) is 16.8. The smallest absolute Gasteiger partial charge is 0.123 e. The largest absolute Gasteiger partial charge is 0.378 e. The number of aryl methyl sites for hydroxylation is 1. The van der Waals surface area contributed by atoms with Crippen molar-refractivity contribution in [3.63, 3.8) is 0 Å². The molecule has 1 atom stereocenters. The topological polar surface area (TPSA) is 21.3 Å². The number of nitrogens with one attached hydrogen (secondary N) is 1. The minimum Gasteiger partial charge on any atom is -0.378 e. The van der Waals surface area contributed by atoms with E-state index in [0.29, 0.717) is 13.2 Å². The maximum Gasteiger partial charge on any atom is 0.123 e. The van der Waals surface area contributed by atoms with Crippen LogP contribution in [0.15, 0.2) is 42.5 Å². The summed E-state index contributed by atoms with van der Waals surface area (Å²) < 4.78 is 18.8. The van der Waals surface area contributed by atoms with Crippen LogP contribution in [0.5, 0.6) is 0 Å². The van der Waals surface area contributed by atoms with E-state index in [1.807, 2.05) is 25.1 Å². The number of rotatable bonds is 5. The Balaban J connectivity index is 1.80. The van der Waals surface area contributed by atoms with Gasteiger partial charge in [0.25, 0.3) is 0 Å². The van der Waals surface area contributed by atoms with Crippen molar-refractivity contribution < 1.29 is 9.13 Å². The molecule has 0 fully saturated rings. The van der Waals surface area contributed by atoms with Crippen LogP contribution in [-0.2, 0) is 17.8 Å². The maximum atomic E-state index is 13.3. The Labute approximate surface area is 125 Å².